The number of likely N-dealkylation sites (tertiary alicyclic amines) is 1. The number of hydrogen-bond donors (Lipinski definition) is 0. The van der Waals surface area contributed by atoms with Crippen LogP contribution in [0.5, 0.6) is 5.75 Å². The fourth-order valence-electron chi connectivity index (χ4n) is 3.35. The van der Waals surface area contributed by atoms with E-state index in [1.54, 1.807) is 13.3 Å². The number of carbonyl (C=O) groups is 1. The fourth-order valence-corrected chi connectivity index (χ4v) is 3.35. The summed E-state index contributed by atoms with van der Waals surface area (Å²) in [5, 5.41) is 0. The van der Waals surface area contributed by atoms with Crippen molar-refractivity contribution < 1.29 is 18.7 Å². The maximum absolute atomic E-state index is 12.4. The van der Waals surface area contributed by atoms with Crippen LogP contribution in [-0.4, -0.2) is 42.7 Å². The molecule has 1 aliphatic rings. The zero-order chi connectivity index (χ0) is 18.4. The van der Waals surface area contributed by atoms with Crippen LogP contribution in [0, 0.1) is 0 Å². The minimum absolute atomic E-state index is 0.000952. The summed E-state index contributed by atoms with van der Waals surface area (Å²) in [4.78, 5) is 18.7. The smallest absolute Gasteiger partial charge is 0.249 e. The van der Waals surface area contributed by atoms with Crippen molar-refractivity contribution in [2.75, 3.05) is 26.9 Å². The van der Waals surface area contributed by atoms with Crippen molar-refractivity contribution in [2.24, 2.45) is 0 Å². The van der Waals surface area contributed by atoms with E-state index in [0.29, 0.717) is 18.9 Å². The second kappa shape index (κ2) is 8.85. The first-order chi connectivity index (χ1) is 12.7. The Hall–Kier alpha value is -2.34. The van der Waals surface area contributed by atoms with Gasteiger partial charge in [-0.1, -0.05) is 18.2 Å². The minimum Gasteiger partial charge on any atom is -0.496 e. The number of rotatable bonds is 7. The summed E-state index contributed by atoms with van der Waals surface area (Å²) in [6.07, 6.45) is 5.29. The predicted octanol–water partition coefficient (Wildman–Crippen LogP) is 3.36. The topological polar surface area (TPSA) is 64.8 Å². The summed E-state index contributed by atoms with van der Waals surface area (Å²) in [6.45, 7) is 3.26. The van der Waals surface area contributed by atoms with Crippen LogP contribution in [0.15, 0.2) is 34.9 Å². The summed E-state index contributed by atoms with van der Waals surface area (Å²) in [5.41, 5.74) is 1.05. The molecule has 1 saturated heterocycles. The number of nitrogens with zero attached hydrogens (tertiary/aromatic N) is 2. The van der Waals surface area contributed by atoms with Gasteiger partial charge in [0, 0.05) is 25.1 Å². The second-order valence-corrected chi connectivity index (χ2v) is 6.39. The largest absolute Gasteiger partial charge is 0.496 e. The third-order valence-corrected chi connectivity index (χ3v) is 4.67. The third kappa shape index (κ3) is 4.25. The van der Waals surface area contributed by atoms with Crippen molar-refractivity contribution in [1.82, 2.24) is 9.88 Å². The summed E-state index contributed by atoms with van der Waals surface area (Å²) in [5.74, 6) is 2.21. The van der Waals surface area contributed by atoms with Crippen molar-refractivity contribution in [3.63, 3.8) is 0 Å². The molecular formula is C20H26N2O4. The van der Waals surface area contributed by atoms with E-state index in [-0.39, 0.29) is 18.6 Å². The van der Waals surface area contributed by atoms with Crippen LogP contribution < -0.4 is 4.74 Å². The van der Waals surface area contributed by atoms with Gasteiger partial charge in [-0.3, -0.25) is 4.79 Å². The number of oxazole rings is 1. The lowest BCUT2D eigenvalue weighted by Gasteiger charge is -2.33. The van der Waals surface area contributed by atoms with Crippen LogP contribution in [0.4, 0.5) is 0 Å². The van der Waals surface area contributed by atoms with E-state index in [2.05, 4.69) is 4.98 Å². The van der Waals surface area contributed by atoms with Gasteiger partial charge in [-0.25, -0.2) is 4.98 Å². The van der Waals surface area contributed by atoms with Crippen LogP contribution in [0.25, 0.3) is 0 Å². The van der Waals surface area contributed by atoms with E-state index in [9.17, 15) is 4.79 Å². The van der Waals surface area contributed by atoms with Crippen molar-refractivity contribution in [3.05, 3.63) is 47.7 Å². The highest BCUT2D eigenvalue weighted by Gasteiger charge is 2.31. The van der Waals surface area contributed by atoms with Crippen molar-refractivity contribution >= 4 is 5.91 Å². The highest BCUT2D eigenvalue weighted by molar-refractivity contribution is 5.78. The Morgan fingerprint density at radius 2 is 2.19 bits per heavy atom. The molecule has 0 radical (unpaired) electrons. The predicted molar refractivity (Wildman–Crippen MR) is 97.1 cm³/mol. The molecule has 0 unspecified atom stereocenters. The monoisotopic (exact) mass is 358 g/mol. The molecule has 3 rings (SSSR count). The number of ether oxygens (including phenoxy) is 2. The van der Waals surface area contributed by atoms with E-state index >= 15 is 0 Å². The van der Waals surface area contributed by atoms with Gasteiger partial charge in [-0.05, 0) is 32.3 Å². The molecule has 6 nitrogen and oxygen atoms in total. The SMILES string of the molecule is CCOCC(=O)N1CCCC[C@@H]1c1ncc(Cc2ccccc2OC)o1. The molecule has 6 heteroatoms. The molecule has 1 atom stereocenters. The van der Waals surface area contributed by atoms with Crippen molar-refractivity contribution in [3.8, 4) is 5.75 Å². The number of hydrogen-bond acceptors (Lipinski definition) is 5. The Morgan fingerprint density at radius 3 is 3.00 bits per heavy atom. The number of methoxy groups -OCH3 is 1. The lowest BCUT2D eigenvalue weighted by atomic mass is 10.0. The standard InChI is InChI=1S/C20H26N2O4/c1-3-25-14-19(23)22-11-7-6-9-17(22)20-21-13-16(26-20)12-15-8-4-5-10-18(15)24-2/h4-5,8,10,13,17H,3,6-7,9,11-12,14H2,1-2H3/t17-/m1/s1. The molecule has 1 fully saturated rings. The molecule has 1 aliphatic heterocycles. The summed E-state index contributed by atoms with van der Waals surface area (Å²) >= 11 is 0. The summed E-state index contributed by atoms with van der Waals surface area (Å²) < 4.78 is 16.7. The number of benzene rings is 1. The zero-order valence-electron chi connectivity index (χ0n) is 15.4. The Bertz CT molecular complexity index is 728. The van der Waals surface area contributed by atoms with E-state index in [0.717, 1.165) is 42.9 Å². The number of carbonyl (C=O) groups excluding carboxylic acids is 1. The molecule has 1 aromatic carbocycles. The van der Waals surface area contributed by atoms with Crippen LogP contribution in [0.2, 0.25) is 0 Å². The molecule has 0 saturated carbocycles. The molecule has 1 aromatic heterocycles. The molecule has 26 heavy (non-hydrogen) atoms. The molecule has 0 spiro atoms. The van der Waals surface area contributed by atoms with Crippen LogP contribution >= 0.6 is 0 Å². The van der Waals surface area contributed by atoms with Gasteiger partial charge >= 0.3 is 0 Å². The summed E-state index contributed by atoms with van der Waals surface area (Å²) in [7, 11) is 1.66. The number of piperidine rings is 1. The normalized spacial score (nSPS) is 17.3. The number of amides is 1. The molecule has 2 aromatic rings. The fraction of sp³-hybridized carbons (Fsp3) is 0.500. The van der Waals surface area contributed by atoms with E-state index in [1.165, 1.54) is 0 Å². The lowest BCUT2D eigenvalue weighted by molar-refractivity contribution is -0.140. The van der Waals surface area contributed by atoms with E-state index in [1.807, 2.05) is 36.1 Å². The lowest BCUT2D eigenvalue weighted by Crippen LogP contribution is -2.40. The van der Waals surface area contributed by atoms with Gasteiger partial charge in [0.1, 0.15) is 24.2 Å². The van der Waals surface area contributed by atoms with E-state index < -0.39 is 0 Å². The van der Waals surface area contributed by atoms with E-state index in [4.69, 9.17) is 13.9 Å². The Kier molecular flexibility index (Phi) is 6.28. The molecule has 0 N–H and O–H groups in total. The average molecular weight is 358 g/mol. The second-order valence-electron chi connectivity index (χ2n) is 6.39. The average Bonchev–Trinajstić information content (AvgIpc) is 3.15. The first-order valence-corrected chi connectivity index (χ1v) is 9.16. The Balaban J connectivity index is 1.73. The highest BCUT2D eigenvalue weighted by atomic mass is 16.5. The van der Waals surface area contributed by atoms with Crippen LogP contribution in [-0.2, 0) is 16.0 Å². The van der Waals surface area contributed by atoms with Gasteiger partial charge in [-0.2, -0.15) is 0 Å². The maximum Gasteiger partial charge on any atom is 0.249 e. The minimum atomic E-state index is -0.108. The molecule has 1 amide bonds. The van der Waals surface area contributed by atoms with Gasteiger partial charge in [-0.15, -0.1) is 0 Å². The van der Waals surface area contributed by atoms with Crippen LogP contribution in [0.1, 0.15) is 49.4 Å². The molecular weight excluding hydrogens is 332 g/mol. The van der Waals surface area contributed by atoms with Gasteiger partial charge in [0.05, 0.1) is 13.3 Å². The van der Waals surface area contributed by atoms with Gasteiger partial charge < -0.3 is 18.8 Å². The first kappa shape index (κ1) is 18.5. The quantitative estimate of drug-likeness (QED) is 0.759. The summed E-state index contributed by atoms with van der Waals surface area (Å²) in [6, 6.07) is 7.76. The number of aromatic nitrogens is 1. The number of para-hydroxylation sites is 1. The first-order valence-electron chi connectivity index (χ1n) is 9.16. The molecule has 140 valence electrons. The molecule has 0 bridgehead atoms. The van der Waals surface area contributed by atoms with Crippen LogP contribution in [0.3, 0.4) is 0 Å². The third-order valence-electron chi connectivity index (χ3n) is 4.67. The Labute approximate surface area is 154 Å². The van der Waals surface area contributed by atoms with Crippen molar-refractivity contribution in [1.29, 1.82) is 0 Å². The maximum atomic E-state index is 12.4. The Morgan fingerprint density at radius 1 is 1.35 bits per heavy atom. The molecule has 2 heterocycles. The molecule has 0 aliphatic carbocycles. The van der Waals surface area contributed by atoms with Gasteiger partial charge in [0.2, 0.25) is 11.8 Å². The van der Waals surface area contributed by atoms with Crippen molar-refractivity contribution in [2.45, 2.75) is 38.6 Å². The van der Waals surface area contributed by atoms with Gasteiger partial charge in [0.25, 0.3) is 0 Å². The highest BCUT2D eigenvalue weighted by Crippen LogP contribution is 2.31. The van der Waals surface area contributed by atoms with Gasteiger partial charge in [0.15, 0.2) is 0 Å². The zero-order valence-corrected chi connectivity index (χ0v) is 15.4.